The molecule has 3 aromatic rings. The molecule has 0 amide bonds. The molecule has 13 heteroatoms. The number of carbonyl (C=O) groups is 1. The molecule has 2 aromatic heterocycles. The zero-order valence-electron chi connectivity index (χ0n) is 19.8. The molecule has 0 spiro atoms. The monoisotopic (exact) mass is 608 g/mol. The number of benzene rings is 1. The SMILES string of the molecule is CNS(=O)(=O)O[C@@H]1C[C@H](Nc2ncncc2C(=O)c2cc([C@H]3OCCc4ccc(Br)cc43)cs2)C[C@@H]1O. The molecule has 1 aromatic carbocycles. The fraction of sp³-hybridized carbons (Fsp3) is 0.375. The Morgan fingerprint density at radius 2 is 2.14 bits per heavy atom. The summed E-state index contributed by atoms with van der Waals surface area (Å²) < 4.78 is 37.6. The minimum absolute atomic E-state index is 0.219. The number of aliphatic hydroxyl groups is 1. The number of fused-ring (bicyclic) bond motifs is 1. The first kappa shape index (κ1) is 26.4. The standard InChI is InChI=1S/C24H25BrN4O6S2/c1-26-37(32,33)35-20-9-16(8-19(20)30)29-24-18(10-27-12-28-24)22(31)21-6-14(11-36-21)23-17-7-15(25)3-2-13(17)4-5-34-23/h2-3,6-7,10-12,16,19-20,23,26,30H,4-5,8-9H2,1H3,(H,27,28,29)/t16-,19+,20-,23-/m1/s1. The fourth-order valence-electron chi connectivity index (χ4n) is 4.64. The van der Waals surface area contributed by atoms with Gasteiger partial charge in [0.05, 0.1) is 23.2 Å². The number of nitrogens with zero attached hydrogens (tertiary/aromatic N) is 2. The van der Waals surface area contributed by atoms with E-state index in [1.165, 1.54) is 36.5 Å². The van der Waals surface area contributed by atoms with Gasteiger partial charge in [0.15, 0.2) is 0 Å². The number of carbonyl (C=O) groups excluding carboxylic acids is 1. The molecule has 1 saturated carbocycles. The Hall–Kier alpha value is -2.26. The zero-order valence-corrected chi connectivity index (χ0v) is 23.0. The largest absolute Gasteiger partial charge is 0.390 e. The van der Waals surface area contributed by atoms with Gasteiger partial charge >= 0.3 is 10.3 Å². The Kier molecular flexibility index (Phi) is 7.73. The molecule has 3 heterocycles. The van der Waals surface area contributed by atoms with Crippen molar-refractivity contribution in [3.05, 3.63) is 73.8 Å². The van der Waals surface area contributed by atoms with Gasteiger partial charge in [0.25, 0.3) is 0 Å². The highest BCUT2D eigenvalue weighted by molar-refractivity contribution is 9.10. The summed E-state index contributed by atoms with van der Waals surface area (Å²) in [5, 5.41) is 15.4. The molecule has 196 valence electrons. The molecule has 1 aliphatic carbocycles. The van der Waals surface area contributed by atoms with Gasteiger partial charge in [-0.15, -0.1) is 11.3 Å². The van der Waals surface area contributed by atoms with Crippen molar-refractivity contribution < 1.29 is 27.2 Å². The number of hydrogen-bond donors (Lipinski definition) is 3. The van der Waals surface area contributed by atoms with Crippen LogP contribution < -0.4 is 10.0 Å². The zero-order chi connectivity index (χ0) is 26.2. The van der Waals surface area contributed by atoms with E-state index >= 15 is 0 Å². The highest BCUT2D eigenvalue weighted by Gasteiger charge is 2.37. The summed E-state index contributed by atoms with van der Waals surface area (Å²) >= 11 is 4.86. The lowest BCUT2D eigenvalue weighted by atomic mass is 9.94. The van der Waals surface area contributed by atoms with E-state index < -0.39 is 22.5 Å². The quantitative estimate of drug-likeness (QED) is 0.329. The summed E-state index contributed by atoms with van der Waals surface area (Å²) in [5.74, 6) is 0.0706. The maximum absolute atomic E-state index is 13.5. The summed E-state index contributed by atoms with van der Waals surface area (Å²) in [6.45, 7) is 0.604. The van der Waals surface area contributed by atoms with Crippen molar-refractivity contribution in [2.75, 3.05) is 19.0 Å². The van der Waals surface area contributed by atoms with Gasteiger partial charge in [-0.1, -0.05) is 22.0 Å². The molecular weight excluding hydrogens is 584 g/mol. The number of aromatic nitrogens is 2. The molecule has 1 aliphatic heterocycles. The van der Waals surface area contributed by atoms with Gasteiger partial charge in [0.1, 0.15) is 24.4 Å². The molecule has 3 N–H and O–H groups in total. The molecule has 4 atom stereocenters. The number of halogens is 1. The smallest absolute Gasteiger partial charge is 0.335 e. The first-order chi connectivity index (χ1) is 17.7. The van der Waals surface area contributed by atoms with Crippen molar-refractivity contribution in [1.29, 1.82) is 0 Å². The molecule has 0 saturated heterocycles. The number of ketones is 1. The fourth-order valence-corrected chi connectivity index (χ4v) is 6.53. The van der Waals surface area contributed by atoms with E-state index in [1.807, 2.05) is 17.5 Å². The summed E-state index contributed by atoms with van der Waals surface area (Å²) in [6, 6.07) is 7.66. The van der Waals surface area contributed by atoms with Crippen LogP contribution in [0.2, 0.25) is 0 Å². The van der Waals surface area contributed by atoms with Crippen molar-refractivity contribution >= 4 is 49.2 Å². The van der Waals surface area contributed by atoms with E-state index in [0.717, 1.165) is 22.0 Å². The van der Waals surface area contributed by atoms with Gasteiger partial charge in [-0.05, 0) is 59.5 Å². The minimum Gasteiger partial charge on any atom is -0.390 e. The third-order valence-electron chi connectivity index (χ3n) is 6.46. The van der Waals surface area contributed by atoms with Crippen molar-refractivity contribution in [3.8, 4) is 0 Å². The topological polar surface area (TPSA) is 140 Å². The van der Waals surface area contributed by atoms with Gasteiger partial charge < -0.3 is 15.2 Å². The Balaban J connectivity index is 1.33. The number of anilines is 1. The van der Waals surface area contributed by atoms with Crippen LogP contribution in [-0.2, 0) is 25.6 Å². The number of nitrogens with one attached hydrogen (secondary N) is 2. The Labute approximate surface area is 226 Å². The summed E-state index contributed by atoms with van der Waals surface area (Å²) in [5.41, 5.74) is 3.50. The lowest BCUT2D eigenvalue weighted by Gasteiger charge is -2.25. The van der Waals surface area contributed by atoms with Crippen molar-refractivity contribution in [3.63, 3.8) is 0 Å². The average molecular weight is 610 g/mol. The van der Waals surface area contributed by atoms with E-state index in [-0.39, 0.29) is 36.3 Å². The number of rotatable bonds is 8. The van der Waals surface area contributed by atoms with Gasteiger partial charge in [-0.25, -0.2) is 9.97 Å². The maximum Gasteiger partial charge on any atom is 0.335 e. The third kappa shape index (κ3) is 5.77. The summed E-state index contributed by atoms with van der Waals surface area (Å²) in [6.07, 6.45) is 1.92. The predicted molar refractivity (Wildman–Crippen MR) is 141 cm³/mol. The van der Waals surface area contributed by atoms with Gasteiger partial charge in [0.2, 0.25) is 5.78 Å². The van der Waals surface area contributed by atoms with Gasteiger partial charge in [-0.3, -0.25) is 8.98 Å². The van der Waals surface area contributed by atoms with Gasteiger partial charge in [0, 0.05) is 23.8 Å². The van der Waals surface area contributed by atoms with Crippen LogP contribution in [0.5, 0.6) is 0 Å². The third-order valence-corrected chi connectivity index (χ3v) is 8.90. The lowest BCUT2D eigenvalue weighted by Crippen LogP contribution is -2.31. The van der Waals surface area contributed by atoms with Crippen LogP contribution in [0.25, 0.3) is 0 Å². The molecule has 37 heavy (non-hydrogen) atoms. The van der Waals surface area contributed by atoms with Crippen molar-refractivity contribution in [2.45, 2.75) is 43.6 Å². The van der Waals surface area contributed by atoms with E-state index in [1.54, 1.807) is 0 Å². The first-order valence-corrected chi connectivity index (χ1v) is 14.7. The maximum atomic E-state index is 13.5. The highest BCUT2D eigenvalue weighted by atomic mass is 79.9. The molecule has 10 nitrogen and oxygen atoms in total. The van der Waals surface area contributed by atoms with E-state index in [9.17, 15) is 18.3 Å². The van der Waals surface area contributed by atoms with Crippen molar-refractivity contribution in [1.82, 2.24) is 14.7 Å². The molecule has 1 fully saturated rings. The van der Waals surface area contributed by atoms with E-state index in [0.29, 0.717) is 17.3 Å². The Morgan fingerprint density at radius 1 is 1.30 bits per heavy atom. The van der Waals surface area contributed by atoms with Crippen LogP contribution in [0.15, 0.2) is 46.6 Å². The average Bonchev–Trinajstić information content (AvgIpc) is 3.50. The number of aliphatic hydroxyl groups excluding tert-OH is 1. The van der Waals surface area contributed by atoms with Crippen LogP contribution in [0.3, 0.4) is 0 Å². The van der Waals surface area contributed by atoms with Crippen LogP contribution in [0, 0.1) is 0 Å². The van der Waals surface area contributed by atoms with E-state index in [2.05, 4.69) is 48.1 Å². The number of ether oxygens (including phenoxy) is 1. The Bertz CT molecular complexity index is 1420. The summed E-state index contributed by atoms with van der Waals surface area (Å²) in [4.78, 5) is 22.3. The second-order valence-corrected chi connectivity index (χ2v) is 12.2. The van der Waals surface area contributed by atoms with Crippen LogP contribution in [-0.4, -0.2) is 61.2 Å². The predicted octanol–water partition coefficient (Wildman–Crippen LogP) is 2.98. The number of hydrogen-bond acceptors (Lipinski definition) is 10. The van der Waals surface area contributed by atoms with E-state index in [4.69, 9.17) is 8.92 Å². The van der Waals surface area contributed by atoms with Crippen molar-refractivity contribution in [2.24, 2.45) is 0 Å². The summed E-state index contributed by atoms with van der Waals surface area (Å²) in [7, 11) is -2.71. The lowest BCUT2D eigenvalue weighted by molar-refractivity contribution is 0.0636. The van der Waals surface area contributed by atoms with Crippen LogP contribution in [0.1, 0.15) is 50.9 Å². The number of thiophene rings is 1. The molecule has 0 bridgehead atoms. The minimum atomic E-state index is -3.95. The van der Waals surface area contributed by atoms with Crippen LogP contribution >= 0.6 is 27.3 Å². The normalized spacial score (nSPS) is 23.5. The molecular formula is C24H25BrN4O6S2. The molecule has 2 aliphatic rings. The second kappa shape index (κ2) is 10.8. The Morgan fingerprint density at radius 3 is 2.95 bits per heavy atom. The second-order valence-electron chi connectivity index (χ2n) is 8.88. The first-order valence-electron chi connectivity index (χ1n) is 11.6. The van der Waals surface area contributed by atoms with Gasteiger partial charge in [-0.2, -0.15) is 13.1 Å². The molecule has 0 radical (unpaired) electrons. The van der Waals surface area contributed by atoms with Crippen LogP contribution in [0.4, 0.5) is 5.82 Å². The molecule has 5 rings (SSSR count). The highest BCUT2D eigenvalue weighted by Crippen LogP contribution is 2.37. The molecule has 0 unspecified atom stereocenters.